The van der Waals surface area contributed by atoms with Gasteiger partial charge in [-0.05, 0) is 37.1 Å². The molecule has 0 atom stereocenters. The van der Waals surface area contributed by atoms with Gasteiger partial charge in [-0.25, -0.2) is 0 Å². The number of carbonyl (C=O) groups excluding carboxylic acids is 1. The Morgan fingerprint density at radius 3 is 2.47 bits per heavy atom. The molecule has 4 heteroatoms. The van der Waals surface area contributed by atoms with Gasteiger partial charge in [0, 0.05) is 31.7 Å². The van der Waals surface area contributed by atoms with Crippen LogP contribution in [-0.4, -0.2) is 48.4 Å². The molecule has 1 heterocycles. The van der Waals surface area contributed by atoms with Crippen LogP contribution in [0.4, 0.5) is 0 Å². The number of nitriles is 1. The van der Waals surface area contributed by atoms with Crippen LogP contribution < -0.4 is 0 Å². The number of carbonyl (C=O) groups is 1. The Morgan fingerprint density at radius 1 is 1.21 bits per heavy atom. The van der Waals surface area contributed by atoms with Gasteiger partial charge in [0.15, 0.2) is 0 Å². The fraction of sp³-hybridized carbons (Fsp3) is 0.467. The van der Waals surface area contributed by atoms with Crippen molar-refractivity contribution in [1.82, 2.24) is 9.80 Å². The monoisotopic (exact) mass is 257 g/mol. The van der Waals surface area contributed by atoms with E-state index in [1.165, 1.54) is 5.56 Å². The summed E-state index contributed by atoms with van der Waals surface area (Å²) in [7, 11) is 0. The number of hydrogen-bond donors (Lipinski definition) is 0. The van der Waals surface area contributed by atoms with Crippen molar-refractivity contribution in [2.24, 2.45) is 0 Å². The SMILES string of the molecule is Cc1ccc(C(=O)N2CCN(CC#N)CC2)cc1C. The molecule has 4 nitrogen and oxygen atoms in total. The van der Waals surface area contributed by atoms with E-state index in [9.17, 15) is 4.79 Å². The Kier molecular flexibility index (Phi) is 4.18. The van der Waals surface area contributed by atoms with E-state index in [0.717, 1.165) is 24.2 Å². The van der Waals surface area contributed by atoms with Gasteiger partial charge < -0.3 is 4.90 Å². The predicted molar refractivity (Wildman–Crippen MR) is 73.9 cm³/mol. The van der Waals surface area contributed by atoms with E-state index in [4.69, 9.17) is 5.26 Å². The van der Waals surface area contributed by atoms with Crippen LogP contribution in [0.15, 0.2) is 18.2 Å². The van der Waals surface area contributed by atoms with Crippen LogP contribution in [0.1, 0.15) is 21.5 Å². The highest BCUT2D eigenvalue weighted by Gasteiger charge is 2.21. The highest BCUT2D eigenvalue weighted by molar-refractivity contribution is 5.94. The Morgan fingerprint density at radius 2 is 1.89 bits per heavy atom. The van der Waals surface area contributed by atoms with Crippen LogP contribution in [0.5, 0.6) is 0 Å². The Bertz CT molecular complexity index is 511. The number of amides is 1. The Balaban J connectivity index is 2.01. The maximum absolute atomic E-state index is 12.4. The molecule has 19 heavy (non-hydrogen) atoms. The van der Waals surface area contributed by atoms with E-state index in [2.05, 4.69) is 11.0 Å². The number of benzene rings is 1. The molecular weight excluding hydrogens is 238 g/mol. The minimum absolute atomic E-state index is 0.0970. The summed E-state index contributed by atoms with van der Waals surface area (Å²) in [6.07, 6.45) is 0. The van der Waals surface area contributed by atoms with Crippen molar-refractivity contribution in [3.63, 3.8) is 0 Å². The highest BCUT2D eigenvalue weighted by atomic mass is 16.2. The van der Waals surface area contributed by atoms with E-state index in [-0.39, 0.29) is 5.91 Å². The molecule has 0 N–H and O–H groups in total. The molecule has 1 aliphatic rings. The van der Waals surface area contributed by atoms with Gasteiger partial charge in [0.25, 0.3) is 5.91 Å². The first kappa shape index (κ1) is 13.6. The molecule has 0 aromatic heterocycles. The van der Waals surface area contributed by atoms with Gasteiger partial charge in [-0.2, -0.15) is 5.26 Å². The molecule has 1 aliphatic heterocycles. The van der Waals surface area contributed by atoms with Crippen LogP contribution in [-0.2, 0) is 0 Å². The van der Waals surface area contributed by atoms with Crippen LogP contribution in [0, 0.1) is 25.2 Å². The summed E-state index contributed by atoms with van der Waals surface area (Å²) in [5.41, 5.74) is 3.11. The number of aryl methyl sites for hydroxylation is 2. The van der Waals surface area contributed by atoms with Gasteiger partial charge in [0.05, 0.1) is 12.6 Å². The molecule has 0 unspecified atom stereocenters. The lowest BCUT2D eigenvalue weighted by Gasteiger charge is -2.33. The lowest BCUT2D eigenvalue weighted by atomic mass is 10.1. The normalized spacial score (nSPS) is 16.2. The van der Waals surface area contributed by atoms with Crippen LogP contribution in [0.3, 0.4) is 0 Å². The average Bonchev–Trinajstić information content (AvgIpc) is 2.42. The van der Waals surface area contributed by atoms with Crippen molar-refractivity contribution in [2.75, 3.05) is 32.7 Å². The topological polar surface area (TPSA) is 47.3 Å². The summed E-state index contributed by atoms with van der Waals surface area (Å²) in [5, 5.41) is 8.66. The first-order valence-corrected chi connectivity index (χ1v) is 6.57. The lowest BCUT2D eigenvalue weighted by molar-refractivity contribution is 0.0651. The summed E-state index contributed by atoms with van der Waals surface area (Å²) in [5.74, 6) is 0.0970. The second kappa shape index (κ2) is 5.85. The van der Waals surface area contributed by atoms with E-state index in [1.54, 1.807) is 0 Å². The van der Waals surface area contributed by atoms with Gasteiger partial charge in [-0.1, -0.05) is 6.07 Å². The molecular formula is C15H19N3O. The van der Waals surface area contributed by atoms with Crippen LogP contribution >= 0.6 is 0 Å². The number of hydrogen-bond acceptors (Lipinski definition) is 3. The number of piperazine rings is 1. The molecule has 1 fully saturated rings. The molecule has 0 aliphatic carbocycles. The first-order valence-electron chi connectivity index (χ1n) is 6.57. The molecule has 0 spiro atoms. The van der Waals surface area contributed by atoms with Gasteiger partial charge >= 0.3 is 0 Å². The lowest BCUT2D eigenvalue weighted by Crippen LogP contribution is -2.48. The zero-order valence-electron chi connectivity index (χ0n) is 11.5. The van der Waals surface area contributed by atoms with E-state index in [1.807, 2.05) is 36.9 Å². The standard InChI is InChI=1S/C15H19N3O/c1-12-3-4-14(11-13(12)2)15(19)18-9-7-17(6-5-16)8-10-18/h3-4,11H,6-10H2,1-2H3. The molecule has 1 aromatic rings. The summed E-state index contributed by atoms with van der Waals surface area (Å²) < 4.78 is 0. The van der Waals surface area contributed by atoms with Gasteiger partial charge in [0.2, 0.25) is 0 Å². The third kappa shape index (κ3) is 3.12. The quantitative estimate of drug-likeness (QED) is 0.756. The predicted octanol–water partition coefficient (Wildman–Crippen LogP) is 1.58. The third-order valence-corrected chi connectivity index (χ3v) is 3.71. The Labute approximate surface area is 114 Å². The van der Waals surface area contributed by atoms with Crippen molar-refractivity contribution >= 4 is 5.91 Å². The minimum Gasteiger partial charge on any atom is -0.336 e. The van der Waals surface area contributed by atoms with Gasteiger partial charge in [0.1, 0.15) is 0 Å². The Hall–Kier alpha value is -1.86. The van der Waals surface area contributed by atoms with E-state index >= 15 is 0 Å². The molecule has 1 amide bonds. The second-order valence-corrected chi connectivity index (χ2v) is 5.03. The molecule has 1 saturated heterocycles. The van der Waals surface area contributed by atoms with E-state index < -0.39 is 0 Å². The maximum Gasteiger partial charge on any atom is 0.253 e. The highest BCUT2D eigenvalue weighted by Crippen LogP contribution is 2.13. The minimum atomic E-state index is 0.0970. The summed E-state index contributed by atoms with van der Waals surface area (Å²) in [6, 6.07) is 8.00. The fourth-order valence-electron chi connectivity index (χ4n) is 2.27. The second-order valence-electron chi connectivity index (χ2n) is 5.03. The van der Waals surface area contributed by atoms with Crippen molar-refractivity contribution in [3.8, 4) is 6.07 Å². The number of nitrogens with zero attached hydrogens (tertiary/aromatic N) is 3. The van der Waals surface area contributed by atoms with Crippen LogP contribution in [0.25, 0.3) is 0 Å². The number of rotatable bonds is 2. The van der Waals surface area contributed by atoms with Crippen molar-refractivity contribution in [3.05, 3.63) is 34.9 Å². The van der Waals surface area contributed by atoms with Crippen molar-refractivity contribution < 1.29 is 4.79 Å². The van der Waals surface area contributed by atoms with Crippen molar-refractivity contribution in [1.29, 1.82) is 5.26 Å². The largest absolute Gasteiger partial charge is 0.336 e. The molecule has 100 valence electrons. The van der Waals surface area contributed by atoms with Crippen molar-refractivity contribution in [2.45, 2.75) is 13.8 Å². The maximum atomic E-state index is 12.4. The van der Waals surface area contributed by atoms with Crippen LogP contribution in [0.2, 0.25) is 0 Å². The zero-order valence-corrected chi connectivity index (χ0v) is 11.5. The van der Waals surface area contributed by atoms with Gasteiger partial charge in [-0.15, -0.1) is 0 Å². The first-order chi connectivity index (χ1) is 9.11. The molecule has 0 radical (unpaired) electrons. The molecule has 0 saturated carbocycles. The summed E-state index contributed by atoms with van der Waals surface area (Å²) in [6.45, 7) is 7.49. The van der Waals surface area contributed by atoms with Gasteiger partial charge in [-0.3, -0.25) is 9.69 Å². The molecule has 2 rings (SSSR count). The summed E-state index contributed by atoms with van der Waals surface area (Å²) in [4.78, 5) is 16.3. The van der Waals surface area contributed by atoms with E-state index in [0.29, 0.717) is 19.6 Å². The smallest absolute Gasteiger partial charge is 0.253 e. The summed E-state index contributed by atoms with van der Waals surface area (Å²) >= 11 is 0. The zero-order chi connectivity index (χ0) is 13.8. The fourth-order valence-corrected chi connectivity index (χ4v) is 2.27. The third-order valence-electron chi connectivity index (χ3n) is 3.71. The molecule has 0 bridgehead atoms. The molecule has 1 aromatic carbocycles. The average molecular weight is 257 g/mol.